The molecule has 1 fully saturated rings. The topological polar surface area (TPSA) is 62.7 Å². The van der Waals surface area contributed by atoms with Gasteiger partial charge in [-0.05, 0) is 49.4 Å². The lowest BCUT2D eigenvalue weighted by molar-refractivity contribution is 0.339. The third kappa shape index (κ3) is 6.35. The first-order chi connectivity index (χ1) is 17.7. The number of benzene rings is 2. The second-order valence-electron chi connectivity index (χ2n) is 9.83. The highest BCUT2D eigenvalue weighted by Gasteiger charge is 2.19. The Morgan fingerprint density at radius 2 is 1.69 bits per heavy atom. The maximum atomic E-state index is 5.00. The summed E-state index contributed by atoms with van der Waals surface area (Å²) in [6, 6.07) is 24.1. The van der Waals surface area contributed by atoms with Gasteiger partial charge >= 0.3 is 0 Å². The standard InChI is InChI=1S/C31H35N5/c1-23-9-8-12-26(19-23)29-22-34-31(36-30(29)25-15-17-32-18-16-25)33-21-28(20-24-10-4-2-5-11-24)35-27-13-6-3-7-14-27/h2,4-5,8-12,15-19,22,27-28,35H,3,6-7,13-14,20-21H2,1H3,(H,33,34,36). The minimum atomic E-state index is 0.305. The molecular formula is C31H35N5. The van der Waals surface area contributed by atoms with E-state index in [1.165, 1.54) is 43.2 Å². The van der Waals surface area contributed by atoms with Gasteiger partial charge in [0, 0.05) is 48.3 Å². The van der Waals surface area contributed by atoms with Crippen LogP contribution in [0.15, 0.2) is 85.3 Å². The van der Waals surface area contributed by atoms with E-state index in [1.807, 2.05) is 30.7 Å². The summed E-state index contributed by atoms with van der Waals surface area (Å²) >= 11 is 0. The van der Waals surface area contributed by atoms with E-state index in [0.29, 0.717) is 18.0 Å². The van der Waals surface area contributed by atoms with E-state index in [-0.39, 0.29) is 0 Å². The van der Waals surface area contributed by atoms with Crippen molar-refractivity contribution in [1.29, 1.82) is 0 Å². The van der Waals surface area contributed by atoms with Gasteiger partial charge in [0.15, 0.2) is 0 Å². The Hall–Kier alpha value is -3.57. The molecule has 1 atom stereocenters. The predicted octanol–water partition coefficient (Wildman–Crippen LogP) is 6.46. The van der Waals surface area contributed by atoms with Gasteiger partial charge in [0.05, 0.1) is 5.69 Å². The highest BCUT2D eigenvalue weighted by atomic mass is 15.1. The molecule has 5 rings (SSSR count). The molecule has 0 spiro atoms. The smallest absolute Gasteiger partial charge is 0.223 e. The average molecular weight is 478 g/mol. The summed E-state index contributed by atoms with van der Waals surface area (Å²) < 4.78 is 0. The van der Waals surface area contributed by atoms with Gasteiger partial charge < -0.3 is 10.6 Å². The number of hydrogen-bond donors (Lipinski definition) is 2. The average Bonchev–Trinajstić information content (AvgIpc) is 2.93. The van der Waals surface area contributed by atoms with E-state index in [4.69, 9.17) is 9.97 Å². The molecule has 0 amide bonds. The van der Waals surface area contributed by atoms with Crippen molar-refractivity contribution in [3.63, 3.8) is 0 Å². The zero-order valence-electron chi connectivity index (χ0n) is 21.0. The molecule has 5 nitrogen and oxygen atoms in total. The molecule has 2 aromatic heterocycles. The normalized spacial score (nSPS) is 14.9. The molecule has 2 N–H and O–H groups in total. The van der Waals surface area contributed by atoms with Crippen LogP contribution in [0.2, 0.25) is 0 Å². The first kappa shape index (κ1) is 24.1. The molecule has 0 aliphatic heterocycles. The zero-order chi connectivity index (χ0) is 24.6. The molecule has 4 aromatic rings. The van der Waals surface area contributed by atoms with Crippen molar-refractivity contribution in [2.45, 2.75) is 57.5 Å². The summed E-state index contributed by atoms with van der Waals surface area (Å²) in [5, 5.41) is 7.49. The molecule has 0 bridgehead atoms. The maximum absolute atomic E-state index is 5.00. The Morgan fingerprint density at radius 3 is 2.47 bits per heavy atom. The fraction of sp³-hybridized carbons (Fsp3) is 0.323. The van der Waals surface area contributed by atoms with Crippen LogP contribution in [0, 0.1) is 6.92 Å². The van der Waals surface area contributed by atoms with Crippen molar-refractivity contribution < 1.29 is 0 Å². The van der Waals surface area contributed by atoms with Gasteiger partial charge in [0.25, 0.3) is 0 Å². The Bertz CT molecular complexity index is 1240. The zero-order valence-corrected chi connectivity index (χ0v) is 21.0. The third-order valence-electron chi connectivity index (χ3n) is 6.98. The molecule has 5 heteroatoms. The van der Waals surface area contributed by atoms with E-state index >= 15 is 0 Å². The Kier molecular flexibility index (Phi) is 7.99. The number of nitrogens with one attached hydrogen (secondary N) is 2. The minimum Gasteiger partial charge on any atom is -0.353 e. The van der Waals surface area contributed by atoms with E-state index < -0.39 is 0 Å². The molecule has 2 aromatic carbocycles. The number of aromatic nitrogens is 3. The highest BCUT2D eigenvalue weighted by Crippen LogP contribution is 2.31. The van der Waals surface area contributed by atoms with Gasteiger partial charge in [-0.2, -0.15) is 0 Å². The van der Waals surface area contributed by atoms with Crippen LogP contribution in [-0.4, -0.2) is 33.6 Å². The lowest BCUT2D eigenvalue weighted by Gasteiger charge is -2.29. The molecule has 2 heterocycles. The van der Waals surface area contributed by atoms with Gasteiger partial charge in [-0.25, -0.2) is 9.97 Å². The number of aryl methyl sites for hydroxylation is 1. The van der Waals surface area contributed by atoms with Crippen LogP contribution in [0.1, 0.15) is 43.2 Å². The van der Waals surface area contributed by atoms with Crippen LogP contribution in [0.25, 0.3) is 22.4 Å². The quantitative estimate of drug-likeness (QED) is 0.290. The summed E-state index contributed by atoms with van der Waals surface area (Å²) in [4.78, 5) is 13.9. The van der Waals surface area contributed by atoms with Gasteiger partial charge in [-0.3, -0.25) is 4.98 Å². The van der Waals surface area contributed by atoms with Crippen LogP contribution in [-0.2, 0) is 6.42 Å². The largest absolute Gasteiger partial charge is 0.353 e. The van der Waals surface area contributed by atoms with E-state index in [1.54, 1.807) is 0 Å². The van der Waals surface area contributed by atoms with Crippen molar-refractivity contribution in [2.24, 2.45) is 0 Å². The number of pyridine rings is 1. The van der Waals surface area contributed by atoms with Crippen LogP contribution in [0.5, 0.6) is 0 Å². The fourth-order valence-corrected chi connectivity index (χ4v) is 5.13. The molecule has 184 valence electrons. The first-order valence-corrected chi connectivity index (χ1v) is 13.1. The number of hydrogen-bond acceptors (Lipinski definition) is 5. The molecule has 1 saturated carbocycles. The van der Waals surface area contributed by atoms with Crippen molar-refractivity contribution >= 4 is 5.95 Å². The van der Waals surface area contributed by atoms with Crippen molar-refractivity contribution in [3.05, 3.63) is 96.4 Å². The van der Waals surface area contributed by atoms with E-state index in [2.05, 4.69) is 77.1 Å². The molecule has 1 aliphatic carbocycles. The summed E-state index contributed by atoms with van der Waals surface area (Å²) in [6.45, 7) is 2.88. The van der Waals surface area contributed by atoms with Gasteiger partial charge in [-0.15, -0.1) is 0 Å². The Labute approximate surface area is 214 Å². The molecule has 0 saturated heterocycles. The Morgan fingerprint density at radius 1 is 0.889 bits per heavy atom. The molecule has 1 aliphatic rings. The summed E-state index contributed by atoms with van der Waals surface area (Å²) in [6.07, 6.45) is 13.1. The molecule has 36 heavy (non-hydrogen) atoms. The van der Waals surface area contributed by atoms with Crippen molar-refractivity contribution in [1.82, 2.24) is 20.3 Å². The minimum absolute atomic E-state index is 0.305. The predicted molar refractivity (Wildman–Crippen MR) is 148 cm³/mol. The van der Waals surface area contributed by atoms with Crippen LogP contribution < -0.4 is 10.6 Å². The van der Waals surface area contributed by atoms with Crippen molar-refractivity contribution in [2.75, 3.05) is 11.9 Å². The maximum Gasteiger partial charge on any atom is 0.223 e. The SMILES string of the molecule is Cc1cccc(-c2cnc(NCC(Cc3ccccc3)NC3CCCCC3)nc2-c2ccncc2)c1. The second kappa shape index (κ2) is 11.9. The monoisotopic (exact) mass is 477 g/mol. The third-order valence-corrected chi connectivity index (χ3v) is 6.98. The molecule has 1 unspecified atom stereocenters. The van der Waals surface area contributed by atoms with Gasteiger partial charge in [-0.1, -0.05) is 79.4 Å². The summed E-state index contributed by atoms with van der Waals surface area (Å²) in [5.41, 5.74) is 6.66. The molecule has 0 radical (unpaired) electrons. The highest BCUT2D eigenvalue weighted by molar-refractivity contribution is 5.80. The number of anilines is 1. The van der Waals surface area contributed by atoms with E-state index in [9.17, 15) is 0 Å². The summed E-state index contributed by atoms with van der Waals surface area (Å²) in [5.74, 6) is 0.654. The van der Waals surface area contributed by atoms with Gasteiger partial charge in [0.1, 0.15) is 0 Å². The lowest BCUT2D eigenvalue weighted by atomic mass is 9.94. The van der Waals surface area contributed by atoms with Crippen LogP contribution in [0.3, 0.4) is 0 Å². The van der Waals surface area contributed by atoms with Crippen LogP contribution in [0.4, 0.5) is 5.95 Å². The van der Waals surface area contributed by atoms with Gasteiger partial charge in [0.2, 0.25) is 5.95 Å². The Balaban J connectivity index is 1.38. The van der Waals surface area contributed by atoms with E-state index in [0.717, 1.165) is 35.3 Å². The second-order valence-corrected chi connectivity index (χ2v) is 9.83. The van der Waals surface area contributed by atoms with Crippen molar-refractivity contribution in [3.8, 4) is 22.4 Å². The molecular weight excluding hydrogens is 442 g/mol. The first-order valence-electron chi connectivity index (χ1n) is 13.1. The van der Waals surface area contributed by atoms with Crippen LogP contribution >= 0.6 is 0 Å². The number of rotatable bonds is 9. The summed E-state index contributed by atoms with van der Waals surface area (Å²) in [7, 11) is 0. The lowest BCUT2D eigenvalue weighted by Crippen LogP contribution is -2.44. The number of nitrogens with zero attached hydrogens (tertiary/aromatic N) is 3. The fourth-order valence-electron chi connectivity index (χ4n) is 5.13.